The van der Waals surface area contributed by atoms with Crippen LogP contribution in [0, 0.1) is 0 Å². The lowest BCUT2D eigenvalue weighted by Crippen LogP contribution is -2.17. The highest BCUT2D eigenvalue weighted by molar-refractivity contribution is 5.28. The first kappa shape index (κ1) is 9.82. The Hall–Kier alpha value is -1.18. The van der Waals surface area contributed by atoms with E-state index in [2.05, 4.69) is 23.8 Å². The highest BCUT2D eigenvalue weighted by Crippen LogP contribution is 1.98. The van der Waals surface area contributed by atoms with Gasteiger partial charge in [0.25, 0.3) is 0 Å². The van der Waals surface area contributed by atoms with Crippen LogP contribution in [-0.2, 0) is 0 Å². The van der Waals surface area contributed by atoms with E-state index in [1.54, 1.807) is 12.2 Å². The van der Waals surface area contributed by atoms with Crippen molar-refractivity contribution in [3.63, 3.8) is 0 Å². The molecule has 0 fully saturated rings. The molecule has 0 rings (SSSR count). The van der Waals surface area contributed by atoms with Gasteiger partial charge in [-0.2, -0.15) is 0 Å². The molecule has 0 aromatic carbocycles. The second kappa shape index (κ2) is 5.59. The SMILES string of the molecule is C=C/C(NC)=C(\C=C)NCC.[HH]. The summed E-state index contributed by atoms with van der Waals surface area (Å²) < 4.78 is 0. The zero-order chi connectivity index (χ0) is 8.69. The van der Waals surface area contributed by atoms with Gasteiger partial charge < -0.3 is 10.6 Å². The lowest BCUT2D eigenvalue weighted by molar-refractivity contribution is 0.845. The molecule has 11 heavy (non-hydrogen) atoms. The molecule has 2 heteroatoms. The minimum Gasteiger partial charge on any atom is -0.386 e. The van der Waals surface area contributed by atoms with Gasteiger partial charge >= 0.3 is 0 Å². The van der Waals surface area contributed by atoms with Crippen LogP contribution in [0.15, 0.2) is 36.7 Å². The Morgan fingerprint density at radius 3 is 2.18 bits per heavy atom. The van der Waals surface area contributed by atoms with Crippen LogP contribution < -0.4 is 10.6 Å². The second-order valence-electron chi connectivity index (χ2n) is 2.02. The van der Waals surface area contributed by atoms with E-state index in [4.69, 9.17) is 0 Å². The first-order chi connectivity index (χ1) is 5.29. The molecule has 0 saturated heterocycles. The fourth-order valence-electron chi connectivity index (χ4n) is 0.814. The summed E-state index contributed by atoms with van der Waals surface area (Å²) in [5.74, 6) is 0. The monoisotopic (exact) mass is 154 g/mol. The van der Waals surface area contributed by atoms with Gasteiger partial charge in [-0.25, -0.2) is 0 Å². The molecule has 0 amide bonds. The van der Waals surface area contributed by atoms with E-state index in [0.717, 1.165) is 17.9 Å². The van der Waals surface area contributed by atoms with Crippen molar-refractivity contribution in [2.24, 2.45) is 0 Å². The van der Waals surface area contributed by atoms with E-state index in [-0.39, 0.29) is 1.43 Å². The summed E-state index contributed by atoms with van der Waals surface area (Å²) in [6, 6.07) is 0. The summed E-state index contributed by atoms with van der Waals surface area (Å²) in [6.07, 6.45) is 3.54. The van der Waals surface area contributed by atoms with Crippen molar-refractivity contribution in [2.75, 3.05) is 13.6 Å². The molecular formula is C9H18N2. The van der Waals surface area contributed by atoms with E-state index in [1.807, 2.05) is 14.0 Å². The van der Waals surface area contributed by atoms with Gasteiger partial charge in [0, 0.05) is 15.0 Å². The zero-order valence-corrected chi connectivity index (χ0v) is 7.28. The third-order valence-electron chi connectivity index (χ3n) is 1.33. The van der Waals surface area contributed by atoms with Crippen molar-refractivity contribution in [1.29, 1.82) is 0 Å². The molecule has 0 aliphatic heterocycles. The molecule has 0 aliphatic rings. The number of likely N-dealkylation sites (N-methyl/N-ethyl adjacent to an activating group) is 2. The Morgan fingerprint density at radius 1 is 1.36 bits per heavy atom. The van der Waals surface area contributed by atoms with E-state index in [1.165, 1.54) is 0 Å². The van der Waals surface area contributed by atoms with E-state index in [9.17, 15) is 0 Å². The third-order valence-corrected chi connectivity index (χ3v) is 1.33. The number of rotatable bonds is 5. The summed E-state index contributed by atoms with van der Waals surface area (Å²) in [5, 5.41) is 6.18. The molecule has 0 spiro atoms. The summed E-state index contributed by atoms with van der Waals surface area (Å²) in [4.78, 5) is 0. The normalized spacial score (nSPS) is 11.5. The van der Waals surface area contributed by atoms with Crippen LogP contribution in [0.25, 0.3) is 0 Å². The van der Waals surface area contributed by atoms with Crippen molar-refractivity contribution < 1.29 is 1.43 Å². The predicted octanol–water partition coefficient (Wildman–Crippen LogP) is 1.64. The summed E-state index contributed by atoms with van der Waals surface area (Å²) in [6.45, 7) is 10.3. The fourth-order valence-corrected chi connectivity index (χ4v) is 0.814. The van der Waals surface area contributed by atoms with Gasteiger partial charge in [0.15, 0.2) is 0 Å². The molecule has 0 aromatic heterocycles. The Labute approximate surface area is 70.2 Å². The summed E-state index contributed by atoms with van der Waals surface area (Å²) in [5.41, 5.74) is 1.96. The van der Waals surface area contributed by atoms with Crippen molar-refractivity contribution in [2.45, 2.75) is 6.92 Å². The van der Waals surface area contributed by atoms with Crippen LogP contribution in [0.3, 0.4) is 0 Å². The minimum atomic E-state index is 0. The van der Waals surface area contributed by atoms with Gasteiger partial charge in [0.2, 0.25) is 0 Å². The number of hydrogen-bond donors (Lipinski definition) is 2. The molecule has 0 saturated carbocycles. The Bertz CT molecular complexity index is 173. The lowest BCUT2D eigenvalue weighted by Gasteiger charge is -2.08. The van der Waals surface area contributed by atoms with Crippen LogP contribution >= 0.6 is 0 Å². The molecule has 0 aromatic rings. The van der Waals surface area contributed by atoms with Gasteiger partial charge in [-0.05, 0) is 19.1 Å². The quantitative estimate of drug-likeness (QED) is 0.588. The molecule has 0 aliphatic carbocycles. The standard InChI is InChI=1S/C9H16N2.H2/c1-5-8(10-4)9(6-2)11-7-3;/h5-6,10-11H,1-2,7H2,3-4H3;1H/b9-8-;. The number of hydrogen-bond acceptors (Lipinski definition) is 2. The van der Waals surface area contributed by atoms with Gasteiger partial charge in [-0.1, -0.05) is 13.2 Å². The van der Waals surface area contributed by atoms with Crippen LogP contribution in [-0.4, -0.2) is 13.6 Å². The zero-order valence-electron chi connectivity index (χ0n) is 7.28. The smallest absolute Gasteiger partial charge is 0.0569 e. The highest BCUT2D eigenvalue weighted by Gasteiger charge is 1.94. The number of nitrogens with one attached hydrogen (secondary N) is 2. The van der Waals surface area contributed by atoms with E-state index < -0.39 is 0 Å². The van der Waals surface area contributed by atoms with E-state index in [0.29, 0.717) is 0 Å². The van der Waals surface area contributed by atoms with Gasteiger partial charge in [0.1, 0.15) is 0 Å². The third kappa shape index (κ3) is 2.94. The highest BCUT2D eigenvalue weighted by atomic mass is 14.9. The fraction of sp³-hybridized carbons (Fsp3) is 0.333. The Morgan fingerprint density at radius 2 is 1.91 bits per heavy atom. The molecule has 0 unspecified atom stereocenters. The second-order valence-corrected chi connectivity index (χ2v) is 2.02. The summed E-state index contributed by atoms with van der Waals surface area (Å²) >= 11 is 0. The molecule has 2 nitrogen and oxygen atoms in total. The average molecular weight is 154 g/mol. The molecule has 0 bridgehead atoms. The Kier molecular flexibility index (Phi) is 4.99. The Balaban J connectivity index is 0. The molecule has 0 heterocycles. The lowest BCUT2D eigenvalue weighted by atomic mass is 10.3. The van der Waals surface area contributed by atoms with Crippen molar-refractivity contribution in [3.05, 3.63) is 36.7 Å². The molecule has 2 N–H and O–H groups in total. The first-order valence-electron chi connectivity index (χ1n) is 3.70. The van der Waals surface area contributed by atoms with Crippen molar-refractivity contribution in [1.82, 2.24) is 10.6 Å². The number of allylic oxidation sites excluding steroid dienone is 2. The molecule has 0 atom stereocenters. The van der Waals surface area contributed by atoms with Gasteiger partial charge in [-0.15, -0.1) is 0 Å². The van der Waals surface area contributed by atoms with Crippen molar-refractivity contribution >= 4 is 0 Å². The summed E-state index contributed by atoms with van der Waals surface area (Å²) in [7, 11) is 1.86. The largest absolute Gasteiger partial charge is 0.386 e. The molecular weight excluding hydrogens is 136 g/mol. The van der Waals surface area contributed by atoms with Gasteiger partial charge in [0.05, 0.1) is 11.4 Å². The maximum absolute atomic E-state index is 3.69. The van der Waals surface area contributed by atoms with Crippen molar-refractivity contribution in [3.8, 4) is 0 Å². The minimum absolute atomic E-state index is 0. The van der Waals surface area contributed by atoms with Crippen LogP contribution in [0.1, 0.15) is 8.35 Å². The van der Waals surface area contributed by atoms with Gasteiger partial charge in [-0.3, -0.25) is 0 Å². The van der Waals surface area contributed by atoms with Crippen LogP contribution in [0.2, 0.25) is 0 Å². The maximum atomic E-state index is 3.69. The van der Waals surface area contributed by atoms with E-state index >= 15 is 0 Å². The van der Waals surface area contributed by atoms with Crippen LogP contribution in [0.5, 0.6) is 0 Å². The topological polar surface area (TPSA) is 24.1 Å². The maximum Gasteiger partial charge on any atom is 0.0569 e. The average Bonchev–Trinajstić information content (AvgIpc) is 2.05. The van der Waals surface area contributed by atoms with Crippen LogP contribution in [0.4, 0.5) is 0 Å². The molecule has 0 radical (unpaired) electrons. The first-order valence-corrected chi connectivity index (χ1v) is 3.70. The molecule has 64 valence electrons. The predicted molar refractivity (Wildman–Crippen MR) is 52.3 cm³/mol.